The molecule has 0 heterocycles. The van der Waals surface area contributed by atoms with Crippen LogP contribution in [0.4, 0.5) is 0 Å². The van der Waals surface area contributed by atoms with Gasteiger partial charge in [0, 0.05) is 19.4 Å². The van der Waals surface area contributed by atoms with Gasteiger partial charge in [0.1, 0.15) is 0 Å². The van der Waals surface area contributed by atoms with Crippen LogP contribution in [-0.4, -0.2) is 12.5 Å². The van der Waals surface area contributed by atoms with Crippen LogP contribution in [0.2, 0.25) is 0 Å². The Labute approximate surface area is 181 Å². The van der Waals surface area contributed by atoms with Crippen molar-refractivity contribution in [2.24, 2.45) is 0 Å². The van der Waals surface area contributed by atoms with Gasteiger partial charge in [-0.1, -0.05) is 67.3 Å². The Morgan fingerprint density at radius 1 is 0.667 bits per heavy atom. The summed E-state index contributed by atoms with van der Waals surface area (Å²) in [5.41, 5.74) is 11.5. The number of benzene rings is 2. The van der Waals surface area contributed by atoms with Gasteiger partial charge < -0.3 is 0 Å². The Kier molecular flexibility index (Phi) is 4.81. The maximum Gasteiger partial charge on any atom is 0.0361 e. The van der Waals surface area contributed by atoms with Crippen molar-refractivity contribution >= 4 is 54.0 Å². The molecule has 142 valence electrons. The van der Waals surface area contributed by atoms with Crippen LogP contribution in [0.1, 0.15) is 57.7 Å². The molecule has 2 aliphatic carbocycles. The van der Waals surface area contributed by atoms with Crippen LogP contribution >= 0.6 is 41.9 Å². The average molecular weight is 506 g/mol. The topological polar surface area (TPSA) is 0 Å². The summed E-state index contributed by atoms with van der Waals surface area (Å²) in [6, 6.07) is 9.30. The third kappa shape index (κ3) is 3.01. The molecule has 4 rings (SSSR count). The fourth-order valence-electron chi connectivity index (χ4n) is 5.14. The Balaban J connectivity index is 1.88. The highest BCUT2D eigenvalue weighted by atomic mass is 79.9. The molecule has 2 aromatic carbocycles. The summed E-state index contributed by atoms with van der Waals surface area (Å²) in [5.74, 6) is 0. The third-order valence-corrected chi connectivity index (χ3v) is 11.0. The molecule has 0 spiro atoms. The molecule has 0 aromatic heterocycles. The second kappa shape index (κ2) is 6.64. The van der Waals surface area contributed by atoms with Crippen molar-refractivity contribution in [3.63, 3.8) is 0 Å². The standard InChI is InChI=1S/C24H26Br2S/c1-13-7-19-17(21(25)9-13)11-15(3)23(19)27(5,6)24-16(4)12-18-20(24)8-14(2)10-22(18)26/h7-12,23-24H,1-6H3. The first-order valence-corrected chi connectivity index (χ1v) is 13.4. The zero-order chi connectivity index (χ0) is 19.7. The first-order valence-electron chi connectivity index (χ1n) is 9.28. The zero-order valence-electron chi connectivity index (χ0n) is 16.8. The fourth-order valence-corrected chi connectivity index (χ4v) is 10.6. The number of fused-ring (bicyclic) bond motifs is 2. The number of hydrogen-bond donors (Lipinski definition) is 0. The molecule has 2 atom stereocenters. The molecule has 0 bridgehead atoms. The Morgan fingerprint density at radius 3 is 1.41 bits per heavy atom. The van der Waals surface area contributed by atoms with Crippen LogP contribution in [0, 0.1) is 13.8 Å². The van der Waals surface area contributed by atoms with E-state index in [1.54, 1.807) is 0 Å². The minimum Gasteiger partial charge on any atom is -0.226 e. The molecule has 0 saturated heterocycles. The van der Waals surface area contributed by atoms with Crippen molar-refractivity contribution in [2.45, 2.75) is 38.2 Å². The van der Waals surface area contributed by atoms with E-state index in [0.29, 0.717) is 10.5 Å². The predicted molar refractivity (Wildman–Crippen MR) is 130 cm³/mol. The smallest absolute Gasteiger partial charge is 0.0361 e. The van der Waals surface area contributed by atoms with E-state index in [0.717, 1.165) is 0 Å². The average Bonchev–Trinajstić information content (AvgIpc) is 3.04. The lowest BCUT2D eigenvalue weighted by Gasteiger charge is -2.46. The maximum atomic E-state index is 3.81. The highest BCUT2D eigenvalue weighted by Crippen LogP contribution is 2.72. The molecule has 0 amide bonds. The Hall–Kier alpha value is -0.770. The molecular weight excluding hydrogens is 480 g/mol. The van der Waals surface area contributed by atoms with Crippen molar-refractivity contribution in [3.8, 4) is 0 Å². The van der Waals surface area contributed by atoms with E-state index in [4.69, 9.17) is 0 Å². The van der Waals surface area contributed by atoms with Crippen molar-refractivity contribution in [2.75, 3.05) is 12.5 Å². The summed E-state index contributed by atoms with van der Waals surface area (Å²) in [6.07, 6.45) is 9.88. The van der Waals surface area contributed by atoms with Crippen molar-refractivity contribution in [1.29, 1.82) is 0 Å². The van der Waals surface area contributed by atoms with Gasteiger partial charge in [0.2, 0.25) is 0 Å². The van der Waals surface area contributed by atoms with Crippen LogP contribution in [-0.2, 0) is 0 Å². The molecule has 0 radical (unpaired) electrons. The normalized spacial score (nSPS) is 21.6. The minimum atomic E-state index is -1.01. The molecule has 0 saturated carbocycles. The zero-order valence-corrected chi connectivity index (χ0v) is 20.8. The van der Waals surface area contributed by atoms with E-state index >= 15 is 0 Å². The van der Waals surface area contributed by atoms with Gasteiger partial charge in [-0.05, 0) is 85.7 Å². The first kappa shape index (κ1) is 19.5. The maximum absolute atomic E-state index is 3.81. The van der Waals surface area contributed by atoms with Gasteiger partial charge in [-0.15, -0.1) is 0 Å². The van der Waals surface area contributed by atoms with Gasteiger partial charge in [-0.25, -0.2) is 10.0 Å². The Morgan fingerprint density at radius 2 is 1.04 bits per heavy atom. The molecule has 3 heteroatoms. The monoisotopic (exact) mass is 504 g/mol. The van der Waals surface area contributed by atoms with Gasteiger partial charge in [0.25, 0.3) is 0 Å². The van der Waals surface area contributed by atoms with E-state index in [2.05, 4.69) is 108 Å². The highest BCUT2D eigenvalue weighted by Gasteiger charge is 2.42. The lowest BCUT2D eigenvalue weighted by atomic mass is 10.1. The lowest BCUT2D eigenvalue weighted by molar-refractivity contribution is 1.06. The van der Waals surface area contributed by atoms with Crippen LogP contribution in [0.5, 0.6) is 0 Å². The molecule has 0 N–H and O–H groups in total. The molecule has 0 aliphatic heterocycles. The van der Waals surface area contributed by atoms with Crippen LogP contribution in [0.3, 0.4) is 0 Å². The lowest BCUT2D eigenvalue weighted by Crippen LogP contribution is -2.16. The van der Waals surface area contributed by atoms with Crippen molar-refractivity contribution in [1.82, 2.24) is 0 Å². The molecule has 2 unspecified atom stereocenters. The summed E-state index contributed by atoms with van der Waals surface area (Å²) >= 11 is 7.61. The highest BCUT2D eigenvalue weighted by molar-refractivity contribution is 9.10. The number of halogens is 2. The van der Waals surface area contributed by atoms with E-state index in [9.17, 15) is 0 Å². The molecular formula is C24H26Br2S. The largest absolute Gasteiger partial charge is 0.226 e. The second-order valence-corrected chi connectivity index (χ2v) is 14.1. The quantitative estimate of drug-likeness (QED) is 0.383. The van der Waals surface area contributed by atoms with Gasteiger partial charge in [0.15, 0.2) is 0 Å². The fraction of sp³-hybridized carbons (Fsp3) is 0.333. The number of aryl methyl sites for hydroxylation is 2. The number of hydrogen-bond acceptors (Lipinski definition) is 0. The SMILES string of the molecule is CC1=Cc2c(Br)cc(C)cc2C1S(C)(C)C1C(C)=Cc2c(Br)cc(C)cc21. The van der Waals surface area contributed by atoms with Gasteiger partial charge >= 0.3 is 0 Å². The first-order chi connectivity index (χ1) is 12.6. The summed E-state index contributed by atoms with van der Waals surface area (Å²) < 4.78 is 2.46. The van der Waals surface area contributed by atoms with Crippen molar-refractivity contribution < 1.29 is 0 Å². The predicted octanol–water partition coefficient (Wildman–Crippen LogP) is 8.51. The van der Waals surface area contributed by atoms with E-state index in [-0.39, 0.29) is 0 Å². The van der Waals surface area contributed by atoms with Gasteiger partial charge in [-0.2, -0.15) is 0 Å². The third-order valence-electron chi connectivity index (χ3n) is 5.96. The summed E-state index contributed by atoms with van der Waals surface area (Å²) in [7, 11) is -1.01. The molecule has 0 fully saturated rings. The molecule has 2 aromatic rings. The van der Waals surface area contributed by atoms with Crippen LogP contribution in [0.15, 0.2) is 44.4 Å². The Bertz CT molecular complexity index is 946. The molecule has 0 nitrogen and oxygen atoms in total. The minimum absolute atomic E-state index is 0.502. The summed E-state index contributed by atoms with van der Waals surface area (Å²) in [5, 5.41) is 1.00. The van der Waals surface area contributed by atoms with E-state index in [1.165, 1.54) is 53.5 Å². The van der Waals surface area contributed by atoms with Gasteiger partial charge in [-0.3, -0.25) is 0 Å². The summed E-state index contributed by atoms with van der Waals surface area (Å²) in [4.78, 5) is 0. The van der Waals surface area contributed by atoms with E-state index < -0.39 is 10.0 Å². The second-order valence-electron chi connectivity index (χ2n) is 8.52. The van der Waals surface area contributed by atoms with Crippen LogP contribution < -0.4 is 0 Å². The van der Waals surface area contributed by atoms with E-state index in [1.807, 2.05) is 0 Å². The summed E-state index contributed by atoms with van der Waals surface area (Å²) in [6.45, 7) is 9.05. The molecule has 2 aliphatic rings. The van der Waals surface area contributed by atoms with Crippen LogP contribution in [0.25, 0.3) is 12.2 Å². The van der Waals surface area contributed by atoms with Crippen molar-refractivity contribution in [3.05, 3.63) is 77.7 Å². The van der Waals surface area contributed by atoms with Gasteiger partial charge in [0.05, 0.1) is 0 Å². The number of rotatable bonds is 2. The molecule has 27 heavy (non-hydrogen) atoms.